The lowest BCUT2D eigenvalue weighted by Crippen LogP contribution is -2.42. The highest BCUT2D eigenvalue weighted by molar-refractivity contribution is 5.91. The van der Waals surface area contributed by atoms with Crippen LogP contribution in [-0.2, 0) is 11.8 Å². The van der Waals surface area contributed by atoms with Crippen LogP contribution in [0.4, 0.5) is 10.6 Å². The summed E-state index contributed by atoms with van der Waals surface area (Å²) in [4.78, 5) is 22.3. The van der Waals surface area contributed by atoms with Crippen LogP contribution in [0.5, 0.6) is 5.88 Å². The molecular formula is C10H16N4O4. The van der Waals surface area contributed by atoms with Gasteiger partial charge in [0.1, 0.15) is 6.04 Å². The van der Waals surface area contributed by atoms with Crippen molar-refractivity contribution in [1.82, 2.24) is 15.1 Å². The molecule has 8 nitrogen and oxygen atoms in total. The van der Waals surface area contributed by atoms with Gasteiger partial charge in [-0.05, 0) is 6.42 Å². The molecule has 0 aliphatic heterocycles. The Hall–Kier alpha value is -2.25. The minimum Gasteiger partial charge on any atom is -0.481 e. The molecule has 18 heavy (non-hydrogen) atoms. The van der Waals surface area contributed by atoms with Crippen LogP contribution in [-0.4, -0.2) is 40.0 Å². The van der Waals surface area contributed by atoms with E-state index in [1.54, 1.807) is 14.0 Å². The van der Waals surface area contributed by atoms with E-state index in [1.165, 1.54) is 17.9 Å². The molecule has 1 aromatic rings. The van der Waals surface area contributed by atoms with Crippen LogP contribution in [0.25, 0.3) is 0 Å². The third-order valence-corrected chi connectivity index (χ3v) is 2.30. The number of carboxylic acids is 1. The maximum absolute atomic E-state index is 11.5. The molecule has 0 radical (unpaired) electrons. The molecule has 100 valence electrons. The molecule has 1 rings (SSSR count). The van der Waals surface area contributed by atoms with Gasteiger partial charge < -0.3 is 15.2 Å². The zero-order valence-electron chi connectivity index (χ0n) is 10.4. The highest BCUT2D eigenvalue weighted by Gasteiger charge is 2.18. The normalized spacial score (nSPS) is 11.7. The van der Waals surface area contributed by atoms with Crippen LogP contribution in [0, 0.1) is 0 Å². The average Bonchev–Trinajstić information content (AvgIpc) is 2.65. The van der Waals surface area contributed by atoms with E-state index in [0.29, 0.717) is 12.3 Å². The number of aryl methyl sites for hydroxylation is 1. The number of anilines is 1. The van der Waals surface area contributed by atoms with Crippen molar-refractivity contribution in [3.05, 3.63) is 6.07 Å². The molecule has 0 unspecified atom stereocenters. The van der Waals surface area contributed by atoms with Gasteiger partial charge in [-0.2, -0.15) is 5.10 Å². The Morgan fingerprint density at radius 2 is 2.28 bits per heavy atom. The quantitative estimate of drug-likeness (QED) is 0.707. The van der Waals surface area contributed by atoms with Gasteiger partial charge in [0.15, 0.2) is 5.82 Å². The summed E-state index contributed by atoms with van der Waals surface area (Å²) in [5.41, 5.74) is 0. The summed E-state index contributed by atoms with van der Waals surface area (Å²) in [6.45, 7) is 1.67. The fourth-order valence-electron chi connectivity index (χ4n) is 1.35. The van der Waals surface area contributed by atoms with Crippen molar-refractivity contribution in [2.24, 2.45) is 7.05 Å². The molecule has 0 saturated carbocycles. The Balaban J connectivity index is 2.61. The smallest absolute Gasteiger partial charge is 0.326 e. The summed E-state index contributed by atoms with van der Waals surface area (Å²) in [5.74, 6) is -0.311. The van der Waals surface area contributed by atoms with E-state index in [4.69, 9.17) is 9.84 Å². The van der Waals surface area contributed by atoms with Crippen LogP contribution in [0.15, 0.2) is 6.07 Å². The number of carboxylic acid groups (broad SMARTS) is 1. The van der Waals surface area contributed by atoms with Gasteiger partial charge in [0, 0.05) is 13.1 Å². The van der Waals surface area contributed by atoms with Gasteiger partial charge in [-0.25, -0.2) is 14.3 Å². The molecule has 0 fully saturated rings. The monoisotopic (exact) mass is 256 g/mol. The molecule has 1 heterocycles. The number of hydrogen-bond donors (Lipinski definition) is 3. The molecule has 0 aliphatic carbocycles. The van der Waals surface area contributed by atoms with Gasteiger partial charge in [-0.1, -0.05) is 6.92 Å². The second kappa shape index (κ2) is 5.89. The van der Waals surface area contributed by atoms with Crippen molar-refractivity contribution in [2.75, 3.05) is 12.4 Å². The Morgan fingerprint density at radius 3 is 2.72 bits per heavy atom. The number of nitrogens with zero attached hydrogens (tertiary/aromatic N) is 2. The minimum absolute atomic E-state index is 0.284. The van der Waals surface area contributed by atoms with Gasteiger partial charge in [0.25, 0.3) is 0 Å². The molecule has 0 bridgehead atoms. The SMILES string of the molecule is CC[C@H](NC(=O)Nc1cc(OC)n(C)n1)C(=O)O. The van der Waals surface area contributed by atoms with Gasteiger partial charge in [0.05, 0.1) is 7.11 Å². The summed E-state index contributed by atoms with van der Waals surface area (Å²) in [7, 11) is 3.15. The molecule has 0 spiro atoms. The predicted molar refractivity (Wildman–Crippen MR) is 63.6 cm³/mol. The van der Waals surface area contributed by atoms with Crippen molar-refractivity contribution < 1.29 is 19.4 Å². The zero-order chi connectivity index (χ0) is 13.7. The second-order valence-electron chi connectivity index (χ2n) is 3.59. The molecular weight excluding hydrogens is 240 g/mol. The molecule has 1 aromatic heterocycles. The van der Waals surface area contributed by atoms with Gasteiger partial charge in [-0.3, -0.25) is 5.32 Å². The number of amides is 2. The number of urea groups is 1. The Kier molecular flexibility index (Phi) is 4.52. The standard InChI is InChI=1S/C10H16N4O4/c1-4-6(9(15)16)11-10(17)12-7-5-8(18-3)14(2)13-7/h5-6H,4H2,1-3H3,(H,15,16)(H2,11,12,13,17)/t6-/m0/s1. The fourth-order valence-corrected chi connectivity index (χ4v) is 1.35. The van der Waals surface area contributed by atoms with Crippen molar-refractivity contribution in [1.29, 1.82) is 0 Å². The lowest BCUT2D eigenvalue weighted by Gasteiger charge is -2.11. The number of rotatable bonds is 5. The molecule has 0 saturated heterocycles. The van der Waals surface area contributed by atoms with Gasteiger partial charge >= 0.3 is 12.0 Å². The maximum Gasteiger partial charge on any atom is 0.326 e. The lowest BCUT2D eigenvalue weighted by atomic mass is 10.2. The third kappa shape index (κ3) is 3.37. The van der Waals surface area contributed by atoms with Crippen LogP contribution in [0.3, 0.4) is 0 Å². The van der Waals surface area contributed by atoms with E-state index in [1.807, 2.05) is 0 Å². The maximum atomic E-state index is 11.5. The number of aromatic nitrogens is 2. The highest BCUT2D eigenvalue weighted by atomic mass is 16.5. The van der Waals surface area contributed by atoms with Crippen LogP contribution < -0.4 is 15.4 Å². The average molecular weight is 256 g/mol. The second-order valence-corrected chi connectivity index (χ2v) is 3.59. The third-order valence-electron chi connectivity index (χ3n) is 2.30. The first-order chi connectivity index (χ1) is 8.47. The van der Waals surface area contributed by atoms with Crippen LogP contribution in [0.1, 0.15) is 13.3 Å². The lowest BCUT2D eigenvalue weighted by molar-refractivity contribution is -0.139. The van der Waals surface area contributed by atoms with E-state index in [-0.39, 0.29) is 5.82 Å². The molecule has 0 aromatic carbocycles. The number of ether oxygens (including phenoxy) is 1. The van der Waals surface area contributed by atoms with Crippen molar-refractivity contribution in [3.8, 4) is 5.88 Å². The van der Waals surface area contributed by atoms with E-state index < -0.39 is 18.0 Å². The molecule has 1 atom stereocenters. The first kappa shape index (κ1) is 13.8. The first-order valence-electron chi connectivity index (χ1n) is 5.36. The van der Waals surface area contributed by atoms with Gasteiger partial charge in [0.2, 0.25) is 5.88 Å². The highest BCUT2D eigenvalue weighted by Crippen LogP contribution is 2.14. The molecule has 3 N–H and O–H groups in total. The molecule has 8 heteroatoms. The van der Waals surface area contributed by atoms with Gasteiger partial charge in [-0.15, -0.1) is 0 Å². The minimum atomic E-state index is -1.08. The number of carbonyl (C=O) groups excluding carboxylic acids is 1. The van der Waals surface area contributed by atoms with Crippen LogP contribution in [0.2, 0.25) is 0 Å². The van der Waals surface area contributed by atoms with E-state index in [9.17, 15) is 9.59 Å². The summed E-state index contributed by atoms with van der Waals surface area (Å²) in [6, 6.07) is -0.0120. The summed E-state index contributed by atoms with van der Waals surface area (Å²) in [6.07, 6.45) is 0.300. The largest absolute Gasteiger partial charge is 0.481 e. The molecule has 2 amide bonds. The summed E-state index contributed by atoms with van der Waals surface area (Å²) in [5, 5.41) is 17.5. The number of hydrogen-bond acceptors (Lipinski definition) is 4. The van der Waals surface area contributed by atoms with Crippen molar-refractivity contribution >= 4 is 17.8 Å². The topological polar surface area (TPSA) is 105 Å². The number of methoxy groups -OCH3 is 1. The van der Waals surface area contributed by atoms with E-state index in [0.717, 1.165) is 0 Å². The number of aliphatic carboxylic acids is 1. The van der Waals surface area contributed by atoms with E-state index in [2.05, 4.69) is 15.7 Å². The Morgan fingerprint density at radius 1 is 1.61 bits per heavy atom. The fraction of sp³-hybridized carbons (Fsp3) is 0.500. The Labute approximate surface area is 104 Å². The summed E-state index contributed by atoms with van der Waals surface area (Å²) < 4.78 is 6.43. The van der Waals surface area contributed by atoms with Crippen molar-refractivity contribution in [2.45, 2.75) is 19.4 Å². The predicted octanol–water partition coefficient (Wildman–Crippen LogP) is 0.413. The number of nitrogens with one attached hydrogen (secondary N) is 2. The van der Waals surface area contributed by atoms with Crippen molar-refractivity contribution in [3.63, 3.8) is 0 Å². The Bertz CT molecular complexity index is 443. The summed E-state index contributed by atoms with van der Waals surface area (Å²) >= 11 is 0. The van der Waals surface area contributed by atoms with E-state index >= 15 is 0 Å². The zero-order valence-corrected chi connectivity index (χ0v) is 10.4. The number of carbonyl (C=O) groups is 2. The molecule has 0 aliphatic rings. The first-order valence-corrected chi connectivity index (χ1v) is 5.36. The van der Waals surface area contributed by atoms with Crippen LogP contribution >= 0.6 is 0 Å².